The number of nitrogens with one attached hydrogen (secondary N) is 1. The van der Waals surface area contributed by atoms with Crippen LogP contribution in [0.15, 0.2) is 30.3 Å². The highest BCUT2D eigenvalue weighted by Crippen LogP contribution is 2.28. The predicted molar refractivity (Wildman–Crippen MR) is 82.6 cm³/mol. The molecule has 4 nitrogen and oxygen atoms in total. The van der Waals surface area contributed by atoms with Gasteiger partial charge in [-0.3, -0.25) is 9.59 Å². The van der Waals surface area contributed by atoms with Crippen molar-refractivity contribution in [2.24, 2.45) is 0 Å². The van der Waals surface area contributed by atoms with Crippen molar-refractivity contribution in [3.8, 4) is 0 Å². The number of piperazine rings is 1. The van der Waals surface area contributed by atoms with Crippen molar-refractivity contribution < 1.29 is 9.59 Å². The molecule has 2 amide bonds. The number of carbonyl (C=O) groups excluding carboxylic acids is 2. The Morgan fingerprint density at radius 1 is 1.24 bits per heavy atom. The largest absolute Gasteiger partial charge is 0.337 e. The van der Waals surface area contributed by atoms with Gasteiger partial charge < -0.3 is 10.2 Å². The molecule has 0 radical (unpaired) electrons. The summed E-state index contributed by atoms with van der Waals surface area (Å²) in [6.45, 7) is 6.14. The average molecular weight is 288 g/mol. The number of benzene rings is 1. The molecule has 2 rings (SSSR count). The molecule has 1 fully saturated rings. The highest BCUT2D eigenvalue weighted by atomic mass is 16.2. The number of carbonyl (C=O) groups is 2. The first kappa shape index (κ1) is 15.5. The summed E-state index contributed by atoms with van der Waals surface area (Å²) in [5.41, 5.74) is -0.128. The fraction of sp³-hybridized carbons (Fsp3) is 0.529. The lowest BCUT2D eigenvalue weighted by atomic mass is 9.87. The summed E-state index contributed by atoms with van der Waals surface area (Å²) >= 11 is 0. The molecule has 1 aromatic carbocycles. The highest BCUT2D eigenvalue weighted by Gasteiger charge is 2.45. The second kappa shape index (κ2) is 6.29. The molecule has 21 heavy (non-hydrogen) atoms. The van der Waals surface area contributed by atoms with E-state index in [1.54, 1.807) is 11.8 Å². The zero-order valence-corrected chi connectivity index (χ0v) is 13.1. The van der Waals surface area contributed by atoms with Crippen LogP contribution in [-0.4, -0.2) is 29.3 Å². The van der Waals surface area contributed by atoms with Gasteiger partial charge in [-0.15, -0.1) is 0 Å². The zero-order valence-electron chi connectivity index (χ0n) is 13.1. The summed E-state index contributed by atoms with van der Waals surface area (Å²) in [5.74, 6) is -0.0934. The Hall–Kier alpha value is -1.84. The fourth-order valence-corrected chi connectivity index (χ4v) is 3.06. The van der Waals surface area contributed by atoms with Crippen molar-refractivity contribution >= 4 is 11.8 Å². The molecule has 114 valence electrons. The second-order valence-corrected chi connectivity index (χ2v) is 5.82. The molecule has 1 saturated heterocycles. The maximum atomic E-state index is 13.0. The molecule has 0 spiro atoms. The quantitative estimate of drug-likeness (QED) is 0.904. The van der Waals surface area contributed by atoms with Crippen molar-refractivity contribution in [3.63, 3.8) is 0 Å². The SMILES string of the molecule is CCCC(CC)N1CC(=O)NC(C)(c2ccccc2)C1=O. The Morgan fingerprint density at radius 2 is 1.90 bits per heavy atom. The third-order valence-electron chi connectivity index (χ3n) is 4.28. The van der Waals surface area contributed by atoms with Crippen molar-refractivity contribution in [1.29, 1.82) is 0 Å². The summed E-state index contributed by atoms with van der Waals surface area (Å²) in [6, 6.07) is 9.61. The maximum Gasteiger partial charge on any atom is 0.253 e. The summed E-state index contributed by atoms with van der Waals surface area (Å²) < 4.78 is 0. The first-order valence-corrected chi connectivity index (χ1v) is 7.70. The van der Waals surface area contributed by atoms with Gasteiger partial charge in [-0.1, -0.05) is 50.6 Å². The molecule has 0 saturated carbocycles. The topological polar surface area (TPSA) is 49.4 Å². The van der Waals surface area contributed by atoms with E-state index >= 15 is 0 Å². The van der Waals surface area contributed by atoms with Crippen LogP contribution < -0.4 is 5.32 Å². The first-order chi connectivity index (χ1) is 10.0. The van der Waals surface area contributed by atoms with Gasteiger partial charge in [0.05, 0.1) is 6.54 Å². The van der Waals surface area contributed by atoms with Gasteiger partial charge in [-0.25, -0.2) is 0 Å². The minimum absolute atomic E-state index is 0.00593. The van der Waals surface area contributed by atoms with Crippen molar-refractivity contribution in [2.45, 2.75) is 51.6 Å². The van der Waals surface area contributed by atoms with Crippen molar-refractivity contribution in [3.05, 3.63) is 35.9 Å². The molecule has 1 aromatic rings. The highest BCUT2D eigenvalue weighted by molar-refractivity contribution is 5.98. The van der Waals surface area contributed by atoms with Crippen LogP contribution in [0, 0.1) is 0 Å². The Bertz CT molecular complexity index is 515. The van der Waals surface area contributed by atoms with Gasteiger partial charge in [0.15, 0.2) is 0 Å². The zero-order chi connectivity index (χ0) is 15.5. The molecule has 2 unspecified atom stereocenters. The molecule has 0 aromatic heterocycles. The van der Waals surface area contributed by atoms with E-state index in [1.807, 2.05) is 30.3 Å². The van der Waals surface area contributed by atoms with Crippen LogP contribution in [0.3, 0.4) is 0 Å². The molecule has 1 aliphatic heterocycles. The van der Waals surface area contributed by atoms with Gasteiger partial charge in [0.1, 0.15) is 5.54 Å². The maximum absolute atomic E-state index is 13.0. The summed E-state index contributed by atoms with van der Waals surface area (Å²) in [4.78, 5) is 26.9. The van der Waals surface area contributed by atoms with E-state index < -0.39 is 5.54 Å². The second-order valence-electron chi connectivity index (χ2n) is 5.82. The molecule has 1 heterocycles. The average Bonchev–Trinajstić information content (AvgIpc) is 2.49. The number of hydrogen-bond donors (Lipinski definition) is 1. The van der Waals surface area contributed by atoms with Crippen LogP contribution in [-0.2, 0) is 15.1 Å². The van der Waals surface area contributed by atoms with Gasteiger partial charge in [0.25, 0.3) is 5.91 Å². The van der Waals surface area contributed by atoms with Gasteiger partial charge in [-0.2, -0.15) is 0 Å². The van der Waals surface area contributed by atoms with E-state index in [2.05, 4.69) is 19.2 Å². The number of rotatable bonds is 5. The lowest BCUT2D eigenvalue weighted by molar-refractivity contribution is -0.152. The van der Waals surface area contributed by atoms with E-state index in [4.69, 9.17) is 0 Å². The van der Waals surface area contributed by atoms with Crippen LogP contribution in [0.1, 0.15) is 45.6 Å². The van der Waals surface area contributed by atoms with E-state index in [1.165, 1.54) is 0 Å². The van der Waals surface area contributed by atoms with Gasteiger partial charge >= 0.3 is 0 Å². The molecule has 1 aliphatic rings. The molecule has 0 aliphatic carbocycles. The predicted octanol–water partition coefficient (Wildman–Crippen LogP) is 2.44. The van der Waals surface area contributed by atoms with Crippen LogP contribution in [0.4, 0.5) is 0 Å². The van der Waals surface area contributed by atoms with Crippen LogP contribution in [0.5, 0.6) is 0 Å². The first-order valence-electron chi connectivity index (χ1n) is 7.70. The molecule has 1 N–H and O–H groups in total. The van der Waals surface area contributed by atoms with Gasteiger partial charge in [0, 0.05) is 6.04 Å². The standard InChI is InChI=1S/C17H24N2O2/c1-4-9-14(5-2)19-12-15(20)18-17(3,16(19)21)13-10-7-6-8-11-13/h6-8,10-11,14H,4-5,9,12H2,1-3H3,(H,18,20). The Labute approximate surface area is 126 Å². The molecular formula is C17H24N2O2. The Kier molecular flexibility index (Phi) is 4.66. The van der Waals surface area contributed by atoms with Crippen LogP contribution in [0.2, 0.25) is 0 Å². The Balaban J connectivity index is 2.35. The lowest BCUT2D eigenvalue weighted by Crippen LogP contribution is -2.65. The molecular weight excluding hydrogens is 264 g/mol. The number of hydrogen-bond acceptors (Lipinski definition) is 2. The lowest BCUT2D eigenvalue weighted by Gasteiger charge is -2.43. The summed E-state index contributed by atoms with van der Waals surface area (Å²) in [5, 5.41) is 2.88. The van der Waals surface area contributed by atoms with Crippen molar-refractivity contribution in [1.82, 2.24) is 10.2 Å². The normalized spacial score (nSPS) is 23.9. The Morgan fingerprint density at radius 3 is 2.48 bits per heavy atom. The van der Waals surface area contributed by atoms with Gasteiger partial charge in [0.2, 0.25) is 5.91 Å². The van der Waals surface area contributed by atoms with Crippen LogP contribution >= 0.6 is 0 Å². The summed E-state index contributed by atoms with van der Waals surface area (Å²) in [6.07, 6.45) is 2.81. The third-order valence-corrected chi connectivity index (χ3v) is 4.28. The molecule has 4 heteroatoms. The van der Waals surface area contributed by atoms with Gasteiger partial charge in [-0.05, 0) is 25.3 Å². The van der Waals surface area contributed by atoms with Crippen molar-refractivity contribution in [2.75, 3.05) is 6.54 Å². The summed E-state index contributed by atoms with van der Waals surface area (Å²) in [7, 11) is 0. The third kappa shape index (κ3) is 2.94. The van der Waals surface area contributed by atoms with E-state index in [0.29, 0.717) is 0 Å². The van der Waals surface area contributed by atoms with E-state index in [-0.39, 0.29) is 24.4 Å². The monoisotopic (exact) mass is 288 g/mol. The fourth-order valence-electron chi connectivity index (χ4n) is 3.06. The van der Waals surface area contributed by atoms with E-state index in [9.17, 15) is 9.59 Å². The number of amides is 2. The molecule has 0 bridgehead atoms. The van der Waals surface area contributed by atoms with E-state index in [0.717, 1.165) is 24.8 Å². The van der Waals surface area contributed by atoms with Crippen LogP contribution in [0.25, 0.3) is 0 Å². The smallest absolute Gasteiger partial charge is 0.253 e. The minimum Gasteiger partial charge on any atom is -0.337 e. The number of nitrogens with zero attached hydrogens (tertiary/aromatic N) is 1. The molecule has 2 atom stereocenters. The minimum atomic E-state index is -0.961.